The Labute approximate surface area is 185 Å². The Morgan fingerprint density at radius 3 is 2.34 bits per heavy atom. The second kappa shape index (κ2) is 10.8. The molecule has 1 aliphatic rings. The first-order chi connectivity index (χ1) is 15.3. The molecule has 0 saturated carbocycles. The quantitative estimate of drug-likeness (QED) is 0.361. The Kier molecular flexibility index (Phi) is 8.13. The van der Waals surface area contributed by atoms with Gasteiger partial charge in [-0.05, 0) is 29.8 Å². The molecular weight excluding hydrogens is 424 g/mol. The van der Waals surface area contributed by atoms with Crippen molar-refractivity contribution in [1.29, 1.82) is 0 Å². The third-order valence-corrected chi connectivity index (χ3v) is 5.12. The highest BCUT2D eigenvalue weighted by atomic mass is 16.7. The molecule has 1 heterocycles. The standard InChI is InChI=1S/C22H28O10/c1-28-15-5-3-4-6-16(15)32-18(11-31-22-21(27)20(26)14(24)10-30-22)19(25)12-7-8-13(23)17(9-12)29-2/h3-9,14,18-27H,10-11H2,1-2H3/t14-,18+,19+,20+,21-,22+/m1/s1. The van der Waals surface area contributed by atoms with Gasteiger partial charge < -0.3 is 49.2 Å². The van der Waals surface area contributed by atoms with Crippen LogP contribution < -0.4 is 14.2 Å². The van der Waals surface area contributed by atoms with E-state index >= 15 is 0 Å². The molecule has 10 nitrogen and oxygen atoms in total. The molecule has 32 heavy (non-hydrogen) atoms. The fourth-order valence-electron chi connectivity index (χ4n) is 3.28. The van der Waals surface area contributed by atoms with E-state index in [4.69, 9.17) is 23.7 Å². The Hall–Kier alpha value is -2.60. The molecule has 5 N–H and O–H groups in total. The van der Waals surface area contributed by atoms with Crippen LogP contribution in [0.5, 0.6) is 23.0 Å². The summed E-state index contributed by atoms with van der Waals surface area (Å²) in [6.07, 6.45) is -7.66. The summed E-state index contributed by atoms with van der Waals surface area (Å²) in [7, 11) is 2.87. The third-order valence-electron chi connectivity index (χ3n) is 5.12. The van der Waals surface area contributed by atoms with Crippen molar-refractivity contribution >= 4 is 0 Å². The lowest BCUT2D eigenvalue weighted by Gasteiger charge is -2.36. The zero-order chi connectivity index (χ0) is 23.3. The summed E-state index contributed by atoms with van der Waals surface area (Å²) in [5.74, 6) is 0.851. The number of methoxy groups -OCH3 is 2. The molecule has 0 spiro atoms. The number of hydrogen-bond acceptors (Lipinski definition) is 10. The summed E-state index contributed by atoms with van der Waals surface area (Å²) in [6.45, 7) is -0.481. The van der Waals surface area contributed by atoms with Gasteiger partial charge in [0.25, 0.3) is 0 Å². The number of phenolic OH excluding ortho intramolecular Hbond substituents is 1. The van der Waals surface area contributed by atoms with E-state index in [2.05, 4.69) is 0 Å². The van der Waals surface area contributed by atoms with Gasteiger partial charge in [0.1, 0.15) is 24.4 Å². The number of phenols is 1. The number of benzene rings is 2. The van der Waals surface area contributed by atoms with Crippen LogP contribution >= 0.6 is 0 Å². The molecule has 2 aromatic rings. The number of aliphatic hydroxyl groups is 4. The largest absolute Gasteiger partial charge is 0.504 e. The minimum atomic E-state index is -1.49. The molecule has 0 aromatic heterocycles. The Morgan fingerprint density at radius 2 is 1.66 bits per heavy atom. The Morgan fingerprint density at radius 1 is 0.969 bits per heavy atom. The smallest absolute Gasteiger partial charge is 0.186 e. The van der Waals surface area contributed by atoms with Crippen LogP contribution in [-0.4, -0.2) is 83.7 Å². The molecule has 1 saturated heterocycles. The molecule has 0 unspecified atom stereocenters. The summed E-state index contributed by atoms with van der Waals surface area (Å²) in [5, 5.41) is 50.5. The second-order valence-electron chi connectivity index (χ2n) is 7.27. The summed E-state index contributed by atoms with van der Waals surface area (Å²) >= 11 is 0. The van der Waals surface area contributed by atoms with Crippen molar-refractivity contribution in [3.8, 4) is 23.0 Å². The van der Waals surface area contributed by atoms with Gasteiger partial charge in [0.2, 0.25) is 0 Å². The minimum Gasteiger partial charge on any atom is -0.504 e. The molecule has 0 aliphatic carbocycles. The fourth-order valence-corrected chi connectivity index (χ4v) is 3.28. The topological polar surface area (TPSA) is 147 Å². The third kappa shape index (κ3) is 5.41. The number of aliphatic hydroxyl groups excluding tert-OH is 4. The lowest BCUT2D eigenvalue weighted by atomic mass is 10.0. The Bertz CT molecular complexity index is 876. The van der Waals surface area contributed by atoms with Crippen LogP contribution in [0.1, 0.15) is 11.7 Å². The van der Waals surface area contributed by atoms with Crippen molar-refractivity contribution in [3.05, 3.63) is 48.0 Å². The summed E-state index contributed by atoms with van der Waals surface area (Å²) in [4.78, 5) is 0. The van der Waals surface area contributed by atoms with Crippen LogP contribution in [0.15, 0.2) is 42.5 Å². The zero-order valence-corrected chi connectivity index (χ0v) is 17.7. The highest BCUT2D eigenvalue weighted by Crippen LogP contribution is 2.33. The molecule has 1 fully saturated rings. The summed E-state index contributed by atoms with van der Waals surface area (Å²) in [5.41, 5.74) is 0.378. The van der Waals surface area contributed by atoms with E-state index in [1.807, 2.05) is 0 Å². The molecule has 3 rings (SSSR count). The van der Waals surface area contributed by atoms with Crippen LogP contribution in [0.2, 0.25) is 0 Å². The van der Waals surface area contributed by atoms with E-state index in [1.54, 1.807) is 24.3 Å². The molecule has 1 aliphatic heterocycles. The predicted octanol–water partition coefficient (Wildman–Crippen LogP) is 0.346. The maximum absolute atomic E-state index is 11.0. The van der Waals surface area contributed by atoms with Gasteiger partial charge in [0.05, 0.1) is 27.4 Å². The van der Waals surface area contributed by atoms with Crippen LogP contribution in [0.3, 0.4) is 0 Å². The highest BCUT2D eigenvalue weighted by Gasteiger charge is 2.39. The average Bonchev–Trinajstić information content (AvgIpc) is 2.81. The first kappa shape index (κ1) is 24.1. The van der Waals surface area contributed by atoms with Gasteiger partial charge in [0.15, 0.2) is 35.4 Å². The van der Waals surface area contributed by atoms with E-state index in [9.17, 15) is 25.5 Å². The lowest BCUT2D eigenvalue weighted by molar-refractivity contribution is -0.275. The van der Waals surface area contributed by atoms with Gasteiger partial charge in [-0.15, -0.1) is 0 Å². The van der Waals surface area contributed by atoms with Crippen molar-refractivity contribution in [2.45, 2.75) is 36.8 Å². The van der Waals surface area contributed by atoms with E-state index in [1.165, 1.54) is 32.4 Å². The van der Waals surface area contributed by atoms with E-state index < -0.39 is 36.8 Å². The number of hydrogen-bond donors (Lipinski definition) is 5. The van der Waals surface area contributed by atoms with Gasteiger partial charge in [-0.1, -0.05) is 18.2 Å². The SMILES string of the molecule is COc1cc([C@H](O)[C@H](CO[C@@H]2OC[C@@H](O)[C@H](O)[C@H]2O)Oc2ccccc2OC)ccc1O. The molecular formula is C22H28O10. The molecule has 0 bridgehead atoms. The minimum absolute atomic E-state index is 0.0897. The first-order valence-electron chi connectivity index (χ1n) is 9.97. The number of ether oxygens (including phenoxy) is 5. The molecule has 0 amide bonds. The van der Waals surface area contributed by atoms with Gasteiger partial charge in [-0.3, -0.25) is 0 Å². The van der Waals surface area contributed by atoms with Gasteiger partial charge in [-0.25, -0.2) is 0 Å². The zero-order valence-electron chi connectivity index (χ0n) is 17.7. The molecule has 6 atom stereocenters. The van der Waals surface area contributed by atoms with E-state index in [-0.39, 0.29) is 24.7 Å². The molecule has 0 radical (unpaired) electrons. The first-order valence-corrected chi connectivity index (χ1v) is 9.97. The van der Waals surface area contributed by atoms with Crippen molar-refractivity contribution < 1.29 is 49.2 Å². The summed E-state index contributed by atoms with van der Waals surface area (Å²) < 4.78 is 27.2. The Balaban J connectivity index is 1.82. The van der Waals surface area contributed by atoms with Crippen LogP contribution in [0, 0.1) is 0 Å². The number of aromatic hydroxyl groups is 1. The monoisotopic (exact) mass is 452 g/mol. The predicted molar refractivity (Wildman–Crippen MR) is 111 cm³/mol. The van der Waals surface area contributed by atoms with E-state index in [0.29, 0.717) is 17.1 Å². The molecule has 176 valence electrons. The van der Waals surface area contributed by atoms with Crippen LogP contribution in [0.4, 0.5) is 0 Å². The molecule has 2 aromatic carbocycles. The van der Waals surface area contributed by atoms with Crippen molar-refractivity contribution in [2.75, 3.05) is 27.4 Å². The molecule has 10 heteroatoms. The number of rotatable bonds is 9. The van der Waals surface area contributed by atoms with Crippen LogP contribution in [-0.2, 0) is 9.47 Å². The maximum Gasteiger partial charge on any atom is 0.186 e. The van der Waals surface area contributed by atoms with Gasteiger partial charge >= 0.3 is 0 Å². The summed E-state index contributed by atoms with van der Waals surface area (Å²) in [6, 6.07) is 11.2. The second-order valence-corrected chi connectivity index (χ2v) is 7.27. The van der Waals surface area contributed by atoms with Crippen molar-refractivity contribution in [2.24, 2.45) is 0 Å². The van der Waals surface area contributed by atoms with E-state index in [0.717, 1.165) is 0 Å². The van der Waals surface area contributed by atoms with Gasteiger partial charge in [0, 0.05) is 0 Å². The maximum atomic E-state index is 11.0. The normalized spacial score (nSPS) is 25.1. The average molecular weight is 452 g/mol. The highest BCUT2D eigenvalue weighted by molar-refractivity contribution is 5.43. The van der Waals surface area contributed by atoms with Crippen LogP contribution in [0.25, 0.3) is 0 Å². The van der Waals surface area contributed by atoms with Crippen molar-refractivity contribution in [3.63, 3.8) is 0 Å². The fraction of sp³-hybridized carbons (Fsp3) is 0.455. The van der Waals surface area contributed by atoms with Gasteiger partial charge in [-0.2, -0.15) is 0 Å². The lowest BCUT2D eigenvalue weighted by Crippen LogP contribution is -2.54. The number of para-hydroxylation sites is 2. The van der Waals surface area contributed by atoms with Crippen molar-refractivity contribution in [1.82, 2.24) is 0 Å².